The van der Waals surface area contributed by atoms with Crippen LogP contribution in [0.25, 0.3) is 0 Å². The first-order valence-corrected chi connectivity index (χ1v) is 7.16. The van der Waals surface area contributed by atoms with Crippen LogP contribution >= 0.6 is 27.3 Å². The van der Waals surface area contributed by atoms with Crippen LogP contribution in [0.2, 0.25) is 0 Å². The molecule has 2 aromatic heterocycles. The van der Waals surface area contributed by atoms with E-state index in [1.165, 1.54) is 5.56 Å². The van der Waals surface area contributed by atoms with Crippen molar-refractivity contribution in [2.45, 2.75) is 32.9 Å². The van der Waals surface area contributed by atoms with Crippen LogP contribution in [0.5, 0.6) is 0 Å². The third-order valence-electron chi connectivity index (χ3n) is 2.64. The van der Waals surface area contributed by atoms with Crippen LogP contribution in [0.3, 0.4) is 0 Å². The Labute approximate surface area is 113 Å². The van der Waals surface area contributed by atoms with Gasteiger partial charge in [0.1, 0.15) is 0 Å². The molecule has 0 radical (unpaired) electrons. The molecule has 0 fully saturated rings. The van der Waals surface area contributed by atoms with Crippen molar-refractivity contribution >= 4 is 27.3 Å². The average Bonchev–Trinajstić information content (AvgIpc) is 2.87. The highest BCUT2D eigenvalue weighted by Crippen LogP contribution is 2.32. The summed E-state index contributed by atoms with van der Waals surface area (Å²) in [6.07, 6.45) is 3.98. The molecule has 0 bridgehead atoms. The second-order valence-corrected chi connectivity index (χ2v) is 6.43. The molecular weight excluding hydrogens is 300 g/mol. The number of rotatable bonds is 4. The van der Waals surface area contributed by atoms with Gasteiger partial charge in [0, 0.05) is 24.0 Å². The van der Waals surface area contributed by atoms with Crippen LogP contribution in [0.4, 0.5) is 0 Å². The Kier molecular flexibility index (Phi) is 4.01. The van der Waals surface area contributed by atoms with E-state index in [0.29, 0.717) is 6.42 Å². The van der Waals surface area contributed by atoms with Crippen LogP contribution < -0.4 is 0 Å². The number of aliphatic hydroxyl groups excluding tert-OH is 1. The van der Waals surface area contributed by atoms with Gasteiger partial charge in [0.25, 0.3) is 0 Å². The number of aryl methyl sites for hydroxylation is 2. The lowest BCUT2D eigenvalue weighted by molar-refractivity contribution is 0.182. The van der Waals surface area contributed by atoms with Crippen molar-refractivity contribution in [2.75, 3.05) is 0 Å². The molecule has 0 aliphatic carbocycles. The number of aromatic nitrogens is 2. The van der Waals surface area contributed by atoms with Gasteiger partial charge in [0.15, 0.2) is 0 Å². The fraction of sp³-hybridized carbons (Fsp3) is 0.417. The van der Waals surface area contributed by atoms with Gasteiger partial charge in [-0.1, -0.05) is 0 Å². The van der Waals surface area contributed by atoms with E-state index in [1.54, 1.807) is 11.3 Å². The summed E-state index contributed by atoms with van der Waals surface area (Å²) in [7, 11) is 0. The molecule has 3 nitrogen and oxygen atoms in total. The van der Waals surface area contributed by atoms with Crippen LogP contribution in [0, 0.1) is 6.92 Å². The summed E-state index contributed by atoms with van der Waals surface area (Å²) < 4.78 is 2.97. The van der Waals surface area contributed by atoms with Crippen LogP contribution in [-0.4, -0.2) is 14.9 Å². The quantitative estimate of drug-likeness (QED) is 0.940. The van der Waals surface area contributed by atoms with Crippen molar-refractivity contribution in [1.29, 1.82) is 0 Å². The fourth-order valence-corrected chi connectivity index (χ4v) is 3.21. The number of hydrogen-bond donors (Lipinski definition) is 1. The number of nitrogens with zero attached hydrogens (tertiary/aromatic N) is 2. The van der Waals surface area contributed by atoms with Gasteiger partial charge in [-0.05, 0) is 47.0 Å². The predicted molar refractivity (Wildman–Crippen MR) is 73.3 cm³/mol. The number of thiophene rings is 1. The Morgan fingerprint density at radius 3 is 2.88 bits per heavy atom. The standard InChI is InChI=1S/C12H15BrN2OS/c1-3-15-7-9(6-14-15)5-10(16)11-4-8(2)12(13)17-11/h4,6-7,10,16H,3,5H2,1-2H3. The lowest BCUT2D eigenvalue weighted by Crippen LogP contribution is -1.99. The van der Waals surface area contributed by atoms with E-state index in [4.69, 9.17) is 0 Å². The van der Waals surface area contributed by atoms with Gasteiger partial charge in [-0.3, -0.25) is 4.68 Å². The topological polar surface area (TPSA) is 38.0 Å². The molecule has 5 heteroatoms. The van der Waals surface area contributed by atoms with E-state index < -0.39 is 6.10 Å². The van der Waals surface area contributed by atoms with E-state index in [1.807, 2.05) is 37.0 Å². The molecule has 1 atom stereocenters. The van der Waals surface area contributed by atoms with Crippen molar-refractivity contribution < 1.29 is 5.11 Å². The van der Waals surface area contributed by atoms with Gasteiger partial charge < -0.3 is 5.11 Å². The maximum atomic E-state index is 10.1. The minimum Gasteiger partial charge on any atom is -0.387 e. The van der Waals surface area contributed by atoms with E-state index in [2.05, 4.69) is 21.0 Å². The highest BCUT2D eigenvalue weighted by Gasteiger charge is 2.13. The summed E-state index contributed by atoms with van der Waals surface area (Å²) >= 11 is 5.07. The van der Waals surface area contributed by atoms with Crippen LogP contribution in [-0.2, 0) is 13.0 Å². The zero-order valence-electron chi connectivity index (χ0n) is 9.85. The van der Waals surface area contributed by atoms with Crippen molar-refractivity contribution in [1.82, 2.24) is 9.78 Å². The highest BCUT2D eigenvalue weighted by molar-refractivity contribution is 9.11. The molecule has 0 aliphatic rings. The maximum absolute atomic E-state index is 10.1. The van der Waals surface area contributed by atoms with E-state index >= 15 is 0 Å². The molecule has 1 unspecified atom stereocenters. The summed E-state index contributed by atoms with van der Waals surface area (Å²) in [6, 6.07) is 2.03. The summed E-state index contributed by atoms with van der Waals surface area (Å²) in [6.45, 7) is 4.94. The molecule has 2 heterocycles. The molecular formula is C12H15BrN2OS. The first-order valence-electron chi connectivity index (χ1n) is 5.55. The zero-order valence-corrected chi connectivity index (χ0v) is 12.3. The maximum Gasteiger partial charge on any atom is 0.0923 e. The molecule has 2 rings (SSSR count). The van der Waals surface area contributed by atoms with Gasteiger partial charge in [0.2, 0.25) is 0 Å². The fourth-order valence-electron chi connectivity index (χ4n) is 1.66. The Morgan fingerprint density at radius 1 is 1.59 bits per heavy atom. The Bertz CT molecular complexity index is 487. The minimum absolute atomic E-state index is 0.445. The molecule has 0 aliphatic heterocycles. The van der Waals surface area contributed by atoms with Gasteiger partial charge in [-0.2, -0.15) is 5.10 Å². The summed E-state index contributed by atoms with van der Waals surface area (Å²) in [4.78, 5) is 0.999. The smallest absolute Gasteiger partial charge is 0.0923 e. The van der Waals surface area contributed by atoms with Gasteiger partial charge in [0.05, 0.1) is 16.1 Å². The molecule has 17 heavy (non-hydrogen) atoms. The largest absolute Gasteiger partial charge is 0.387 e. The molecule has 0 aromatic carbocycles. The summed E-state index contributed by atoms with van der Waals surface area (Å²) in [5.74, 6) is 0. The molecule has 0 saturated carbocycles. The Morgan fingerprint density at radius 2 is 2.35 bits per heavy atom. The molecule has 0 spiro atoms. The van der Waals surface area contributed by atoms with Crippen LogP contribution in [0.15, 0.2) is 22.2 Å². The van der Waals surface area contributed by atoms with E-state index in [-0.39, 0.29) is 0 Å². The van der Waals surface area contributed by atoms with E-state index in [9.17, 15) is 5.11 Å². The first kappa shape index (κ1) is 12.8. The highest BCUT2D eigenvalue weighted by atomic mass is 79.9. The summed E-state index contributed by atoms with van der Waals surface area (Å²) in [5, 5.41) is 14.4. The van der Waals surface area contributed by atoms with Gasteiger partial charge >= 0.3 is 0 Å². The molecule has 2 aromatic rings. The zero-order chi connectivity index (χ0) is 12.4. The minimum atomic E-state index is -0.445. The lowest BCUT2D eigenvalue weighted by Gasteiger charge is -2.05. The Hall–Kier alpha value is -0.650. The molecule has 0 saturated heterocycles. The molecule has 92 valence electrons. The third kappa shape index (κ3) is 2.97. The molecule has 1 N–H and O–H groups in total. The van der Waals surface area contributed by atoms with Crippen molar-refractivity contribution in [3.05, 3.63) is 38.3 Å². The Balaban J connectivity index is 2.08. The number of hydrogen-bond acceptors (Lipinski definition) is 3. The van der Waals surface area contributed by atoms with E-state index in [0.717, 1.165) is 20.8 Å². The second kappa shape index (κ2) is 5.33. The summed E-state index contributed by atoms with van der Waals surface area (Å²) in [5.41, 5.74) is 2.25. The number of aliphatic hydroxyl groups is 1. The lowest BCUT2D eigenvalue weighted by atomic mass is 10.1. The second-order valence-electron chi connectivity index (χ2n) is 4.03. The van der Waals surface area contributed by atoms with Gasteiger partial charge in [-0.25, -0.2) is 0 Å². The van der Waals surface area contributed by atoms with Crippen LogP contribution in [0.1, 0.15) is 29.0 Å². The van der Waals surface area contributed by atoms with Crippen molar-refractivity contribution in [2.24, 2.45) is 0 Å². The monoisotopic (exact) mass is 314 g/mol. The van der Waals surface area contributed by atoms with Crippen molar-refractivity contribution in [3.8, 4) is 0 Å². The average molecular weight is 315 g/mol. The SMILES string of the molecule is CCn1cc(CC(O)c2cc(C)c(Br)s2)cn1. The van der Waals surface area contributed by atoms with Crippen molar-refractivity contribution in [3.63, 3.8) is 0 Å². The normalized spacial score (nSPS) is 12.9. The van der Waals surface area contributed by atoms with Gasteiger partial charge in [-0.15, -0.1) is 11.3 Å². The number of halogens is 1. The predicted octanol–water partition coefficient (Wildman–Crippen LogP) is 3.31. The first-order chi connectivity index (χ1) is 8.10. The molecule has 0 amide bonds. The third-order valence-corrected chi connectivity index (χ3v) is 4.88.